The minimum Gasteiger partial charge on any atom is -0.503 e. The van der Waals surface area contributed by atoms with Crippen molar-refractivity contribution in [3.05, 3.63) is 57.4 Å². The predicted octanol–water partition coefficient (Wildman–Crippen LogP) is 4.50. The summed E-state index contributed by atoms with van der Waals surface area (Å²) in [5.41, 5.74) is 2.86. The number of rotatable bonds is 5. The molecule has 0 radical (unpaired) electrons. The quantitative estimate of drug-likeness (QED) is 0.481. The lowest BCUT2D eigenvalue weighted by Crippen LogP contribution is -2.38. The molecule has 6 nitrogen and oxygen atoms in total. The molecule has 1 aromatic rings. The fourth-order valence-electron chi connectivity index (χ4n) is 4.17. The zero-order valence-electron chi connectivity index (χ0n) is 17.6. The number of hydrogen-bond acceptors (Lipinski definition) is 6. The van der Waals surface area contributed by atoms with Gasteiger partial charge in [-0.15, -0.1) is 0 Å². The molecule has 0 spiro atoms. The molecule has 160 valence electrons. The van der Waals surface area contributed by atoms with Crippen molar-refractivity contribution in [3.63, 3.8) is 0 Å². The van der Waals surface area contributed by atoms with Crippen LogP contribution in [0.2, 0.25) is 0 Å². The number of Topliss-reactive ketones (excluding diaryl/α,β-unsaturated/α-hetero) is 1. The van der Waals surface area contributed by atoms with Crippen LogP contribution in [0.4, 0.5) is 0 Å². The molecule has 30 heavy (non-hydrogen) atoms. The zero-order valence-corrected chi connectivity index (χ0v) is 19.2. The number of phenols is 1. The van der Waals surface area contributed by atoms with Gasteiger partial charge >= 0.3 is 5.97 Å². The number of ether oxygens (including phenoxy) is 2. The lowest BCUT2D eigenvalue weighted by atomic mass is 9.68. The Morgan fingerprint density at radius 3 is 2.73 bits per heavy atom. The van der Waals surface area contributed by atoms with Gasteiger partial charge in [-0.3, -0.25) is 4.79 Å². The number of halogens is 1. The summed E-state index contributed by atoms with van der Waals surface area (Å²) in [5.74, 6) is -0.953. The van der Waals surface area contributed by atoms with E-state index in [2.05, 4.69) is 41.7 Å². The van der Waals surface area contributed by atoms with Crippen molar-refractivity contribution in [3.8, 4) is 11.5 Å². The van der Waals surface area contributed by atoms with Crippen molar-refractivity contribution in [2.24, 2.45) is 5.41 Å². The van der Waals surface area contributed by atoms with Crippen LogP contribution >= 0.6 is 15.9 Å². The smallest absolute Gasteiger partial charge is 0.337 e. The second-order valence-corrected chi connectivity index (χ2v) is 9.22. The van der Waals surface area contributed by atoms with Crippen molar-refractivity contribution in [1.29, 1.82) is 0 Å². The van der Waals surface area contributed by atoms with E-state index in [9.17, 15) is 14.7 Å². The van der Waals surface area contributed by atoms with Crippen molar-refractivity contribution in [2.75, 3.05) is 13.7 Å². The molecule has 1 heterocycles. The third kappa shape index (κ3) is 4.03. The molecule has 2 N–H and O–H groups in total. The lowest BCUT2D eigenvalue weighted by molar-refractivity contribution is -0.138. The molecule has 1 atom stereocenters. The minimum absolute atomic E-state index is 0.0107. The van der Waals surface area contributed by atoms with Crippen LogP contribution in [0.25, 0.3) is 0 Å². The molecule has 0 saturated carbocycles. The van der Waals surface area contributed by atoms with Gasteiger partial charge in [0.25, 0.3) is 0 Å². The normalized spacial score (nSPS) is 20.4. The number of nitrogens with one attached hydrogen (secondary N) is 1. The molecule has 0 fully saturated rings. The highest BCUT2D eigenvalue weighted by molar-refractivity contribution is 9.10. The van der Waals surface area contributed by atoms with E-state index in [1.807, 2.05) is 0 Å². The third-order valence-electron chi connectivity index (χ3n) is 5.40. The first-order chi connectivity index (χ1) is 14.1. The predicted molar refractivity (Wildman–Crippen MR) is 117 cm³/mol. The Balaban J connectivity index is 2.23. The largest absolute Gasteiger partial charge is 0.503 e. The van der Waals surface area contributed by atoms with Gasteiger partial charge < -0.3 is 19.9 Å². The van der Waals surface area contributed by atoms with E-state index in [1.165, 1.54) is 13.2 Å². The second-order valence-electron chi connectivity index (χ2n) is 8.37. The molecule has 1 aromatic carbocycles. The Bertz CT molecular complexity index is 990. The van der Waals surface area contributed by atoms with Gasteiger partial charge in [-0.2, -0.15) is 0 Å². The third-order valence-corrected chi connectivity index (χ3v) is 6.00. The Morgan fingerprint density at radius 2 is 2.10 bits per heavy atom. The van der Waals surface area contributed by atoms with E-state index in [1.54, 1.807) is 19.1 Å². The average molecular weight is 476 g/mol. The Kier molecular flexibility index (Phi) is 6.13. The monoisotopic (exact) mass is 475 g/mol. The number of allylic oxidation sites excluding steroid dienone is 3. The molecule has 3 rings (SSSR count). The summed E-state index contributed by atoms with van der Waals surface area (Å²) in [7, 11) is 1.45. The fourth-order valence-corrected chi connectivity index (χ4v) is 4.63. The standard InChI is InChI=1S/C23H26BrNO5/c1-6-7-30-22(28)18-12(2)25-15-10-23(3,4)11-16(26)20(15)19(18)13-8-14(24)21(27)17(9-13)29-5/h6,8-9,19,25,27H,1,7,10-11H2,2-5H3/t19-/m0/s1. The minimum atomic E-state index is -0.632. The molecule has 0 saturated heterocycles. The summed E-state index contributed by atoms with van der Waals surface area (Å²) < 4.78 is 11.1. The maximum absolute atomic E-state index is 13.2. The number of ketones is 1. The lowest BCUT2D eigenvalue weighted by Gasteiger charge is -2.39. The van der Waals surface area contributed by atoms with E-state index in [4.69, 9.17) is 9.47 Å². The van der Waals surface area contributed by atoms with Gasteiger partial charge in [0.1, 0.15) is 6.61 Å². The topological polar surface area (TPSA) is 84.9 Å². The molecule has 0 aromatic heterocycles. The zero-order chi connectivity index (χ0) is 22.2. The Labute approximate surface area is 184 Å². The number of hydrogen-bond donors (Lipinski definition) is 2. The number of carbonyl (C=O) groups is 2. The Hall–Kier alpha value is -2.54. The molecule has 1 aliphatic carbocycles. The summed E-state index contributed by atoms with van der Waals surface area (Å²) in [6.45, 7) is 9.57. The van der Waals surface area contributed by atoms with Gasteiger partial charge in [-0.1, -0.05) is 26.5 Å². The van der Waals surface area contributed by atoms with Crippen LogP contribution in [0.5, 0.6) is 11.5 Å². The molecule has 7 heteroatoms. The number of esters is 1. The molecule has 0 amide bonds. The first-order valence-electron chi connectivity index (χ1n) is 9.68. The number of aromatic hydroxyl groups is 1. The number of benzene rings is 1. The van der Waals surface area contributed by atoms with Crippen LogP contribution in [0.15, 0.2) is 51.8 Å². The molecule has 0 unspecified atom stereocenters. The molecule has 1 aliphatic heterocycles. The number of dihydropyridines is 1. The van der Waals surface area contributed by atoms with Gasteiger partial charge in [0.15, 0.2) is 17.3 Å². The maximum Gasteiger partial charge on any atom is 0.337 e. The summed E-state index contributed by atoms with van der Waals surface area (Å²) in [6.07, 6.45) is 2.57. The highest BCUT2D eigenvalue weighted by Crippen LogP contribution is 2.48. The van der Waals surface area contributed by atoms with E-state index in [0.29, 0.717) is 39.7 Å². The highest BCUT2D eigenvalue weighted by atomic mass is 79.9. The summed E-state index contributed by atoms with van der Waals surface area (Å²) in [5, 5.41) is 13.5. The van der Waals surface area contributed by atoms with Gasteiger partial charge in [-0.25, -0.2) is 4.79 Å². The van der Waals surface area contributed by atoms with E-state index in [-0.39, 0.29) is 29.3 Å². The summed E-state index contributed by atoms with van der Waals surface area (Å²) in [4.78, 5) is 26.2. The van der Waals surface area contributed by atoms with E-state index >= 15 is 0 Å². The van der Waals surface area contributed by atoms with Crippen LogP contribution < -0.4 is 10.1 Å². The summed E-state index contributed by atoms with van der Waals surface area (Å²) in [6, 6.07) is 3.36. The van der Waals surface area contributed by atoms with Crippen molar-refractivity contribution >= 4 is 27.7 Å². The number of carbonyl (C=O) groups excluding carboxylic acids is 2. The first-order valence-corrected chi connectivity index (χ1v) is 10.5. The number of phenolic OH excluding ortho intramolecular Hbond substituents is 1. The van der Waals surface area contributed by atoms with Crippen molar-refractivity contribution in [1.82, 2.24) is 5.32 Å². The van der Waals surface area contributed by atoms with Crippen molar-refractivity contribution in [2.45, 2.75) is 39.5 Å². The number of methoxy groups -OCH3 is 1. The van der Waals surface area contributed by atoms with Crippen LogP contribution in [0.1, 0.15) is 45.1 Å². The summed E-state index contributed by atoms with van der Waals surface area (Å²) >= 11 is 3.35. The second kappa shape index (κ2) is 8.30. The van der Waals surface area contributed by atoms with Crippen LogP contribution in [0, 0.1) is 5.41 Å². The van der Waals surface area contributed by atoms with Gasteiger partial charge in [0.05, 0.1) is 17.2 Å². The molecule has 0 bridgehead atoms. The van der Waals surface area contributed by atoms with E-state index < -0.39 is 11.9 Å². The average Bonchev–Trinajstić information content (AvgIpc) is 2.66. The van der Waals surface area contributed by atoms with Gasteiger partial charge in [-0.05, 0) is 52.4 Å². The van der Waals surface area contributed by atoms with Crippen LogP contribution in [-0.2, 0) is 14.3 Å². The molecular weight excluding hydrogens is 450 g/mol. The molecule has 2 aliphatic rings. The first kappa shape index (κ1) is 22.2. The Morgan fingerprint density at radius 1 is 1.40 bits per heavy atom. The van der Waals surface area contributed by atoms with Crippen LogP contribution in [0.3, 0.4) is 0 Å². The van der Waals surface area contributed by atoms with Crippen LogP contribution in [-0.4, -0.2) is 30.6 Å². The molecular formula is C23H26BrNO5. The highest BCUT2D eigenvalue weighted by Gasteiger charge is 2.43. The van der Waals surface area contributed by atoms with Gasteiger partial charge in [0, 0.05) is 29.3 Å². The fraction of sp³-hybridized carbons (Fsp3) is 0.391. The van der Waals surface area contributed by atoms with E-state index in [0.717, 1.165) is 5.70 Å². The van der Waals surface area contributed by atoms with Crippen molar-refractivity contribution < 1.29 is 24.2 Å². The van der Waals surface area contributed by atoms with Gasteiger partial charge in [0.2, 0.25) is 0 Å². The SMILES string of the molecule is C=CCOC(=O)C1=C(C)NC2=C(C(=O)CC(C)(C)C2)[C@H]1c1cc(Br)c(O)c(OC)c1. The maximum atomic E-state index is 13.2.